The summed E-state index contributed by atoms with van der Waals surface area (Å²) in [7, 11) is 0. The molecule has 2 aliphatic rings. The second-order valence-corrected chi connectivity index (χ2v) is 8.12. The highest BCUT2D eigenvalue weighted by atomic mass is 16.2. The van der Waals surface area contributed by atoms with Gasteiger partial charge in [-0.3, -0.25) is 4.79 Å². The zero-order chi connectivity index (χ0) is 18.6. The molecule has 6 nitrogen and oxygen atoms in total. The lowest BCUT2D eigenvalue weighted by Gasteiger charge is -2.36. The van der Waals surface area contributed by atoms with Gasteiger partial charge in [-0.25, -0.2) is 0 Å². The molecule has 0 saturated heterocycles. The number of carbonyl (C=O) groups excluding carboxylic acids is 1. The topological polar surface area (TPSA) is 63.9 Å². The summed E-state index contributed by atoms with van der Waals surface area (Å²) in [6.07, 6.45) is 8.56. The average molecular weight is 367 g/mol. The molecule has 1 heterocycles. The molecule has 0 unspecified atom stereocenters. The van der Waals surface area contributed by atoms with Gasteiger partial charge in [-0.05, 0) is 56.1 Å². The number of aromatic nitrogens is 4. The van der Waals surface area contributed by atoms with Crippen LogP contribution in [0.25, 0.3) is 11.4 Å². The van der Waals surface area contributed by atoms with E-state index in [1.165, 1.54) is 38.5 Å². The Balaban J connectivity index is 1.29. The molecule has 27 heavy (non-hydrogen) atoms. The number of nitrogens with zero attached hydrogens (tertiary/aromatic N) is 5. The summed E-state index contributed by atoms with van der Waals surface area (Å²) in [5.41, 5.74) is 0.964. The van der Waals surface area contributed by atoms with Crippen LogP contribution >= 0.6 is 0 Å². The molecule has 1 aromatic heterocycles. The van der Waals surface area contributed by atoms with Crippen LogP contribution in [0.2, 0.25) is 0 Å². The van der Waals surface area contributed by atoms with E-state index in [-0.39, 0.29) is 0 Å². The van der Waals surface area contributed by atoms with E-state index in [0.29, 0.717) is 36.8 Å². The van der Waals surface area contributed by atoms with Crippen LogP contribution in [-0.4, -0.2) is 43.1 Å². The molecule has 0 bridgehead atoms. The highest BCUT2D eigenvalue weighted by Gasteiger charge is 2.37. The zero-order valence-corrected chi connectivity index (χ0v) is 16.1. The Morgan fingerprint density at radius 1 is 1.07 bits per heavy atom. The standard InChI is InChI=1S/C21H29N5O/c1-16-9-11-18(12-10-16)26(19-13-14-19)20(27)8-5-15-25-23-21(22-24-25)17-6-3-2-4-7-17/h2-4,6-7,16,18-19H,5,8-15H2,1H3. The Kier molecular flexibility index (Phi) is 5.50. The SMILES string of the molecule is CC1CCC(N(C(=O)CCCn2nnc(-c3ccccc3)n2)C2CC2)CC1. The molecule has 4 rings (SSSR count). The smallest absolute Gasteiger partial charge is 0.223 e. The number of benzene rings is 1. The van der Waals surface area contributed by atoms with Crippen LogP contribution in [0.3, 0.4) is 0 Å². The molecule has 2 aliphatic carbocycles. The first kappa shape index (κ1) is 18.1. The van der Waals surface area contributed by atoms with Crippen LogP contribution in [0.15, 0.2) is 30.3 Å². The highest BCUT2D eigenvalue weighted by Crippen LogP contribution is 2.35. The summed E-state index contributed by atoms with van der Waals surface area (Å²) < 4.78 is 0. The summed E-state index contributed by atoms with van der Waals surface area (Å²) in [5.74, 6) is 1.77. The molecule has 0 N–H and O–H groups in total. The van der Waals surface area contributed by atoms with Gasteiger partial charge in [-0.2, -0.15) is 4.80 Å². The van der Waals surface area contributed by atoms with Gasteiger partial charge >= 0.3 is 0 Å². The second kappa shape index (κ2) is 8.19. The maximum Gasteiger partial charge on any atom is 0.223 e. The normalized spacial score (nSPS) is 22.6. The fourth-order valence-electron chi connectivity index (χ4n) is 4.12. The van der Waals surface area contributed by atoms with Gasteiger partial charge in [0.2, 0.25) is 11.7 Å². The third-order valence-corrected chi connectivity index (χ3v) is 5.84. The lowest BCUT2D eigenvalue weighted by molar-refractivity contribution is -0.135. The first-order valence-corrected chi connectivity index (χ1v) is 10.3. The molecule has 0 aliphatic heterocycles. The Labute approximate surface area is 160 Å². The van der Waals surface area contributed by atoms with Crippen molar-refractivity contribution in [1.29, 1.82) is 0 Å². The van der Waals surface area contributed by atoms with Gasteiger partial charge in [-0.1, -0.05) is 37.3 Å². The van der Waals surface area contributed by atoms with E-state index in [1.54, 1.807) is 4.80 Å². The van der Waals surface area contributed by atoms with E-state index in [1.807, 2.05) is 30.3 Å². The van der Waals surface area contributed by atoms with Crippen molar-refractivity contribution >= 4 is 5.91 Å². The van der Waals surface area contributed by atoms with E-state index in [4.69, 9.17) is 0 Å². The van der Waals surface area contributed by atoms with Crippen LogP contribution < -0.4 is 0 Å². The van der Waals surface area contributed by atoms with E-state index < -0.39 is 0 Å². The lowest BCUT2D eigenvalue weighted by Crippen LogP contribution is -2.43. The van der Waals surface area contributed by atoms with Crippen molar-refractivity contribution in [1.82, 2.24) is 25.1 Å². The van der Waals surface area contributed by atoms with E-state index in [2.05, 4.69) is 27.2 Å². The van der Waals surface area contributed by atoms with Crippen molar-refractivity contribution in [3.05, 3.63) is 30.3 Å². The van der Waals surface area contributed by atoms with Gasteiger partial charge in [0.15, 0.2) is 0 Å². The van der Waals surface area contributed by atoms with Crippen LogP contribution in [0.1, 0.15) is 58.3 Å². The van der Waals surface area contributed by atoms with Crippen molar-refractivity contribution < 1.29 is 4.79 Å². The second-order valence-electron chi connectivity index (χ2n) is 8.12. The van der Waals surface area contributed by atoms with E-state index >= 15 is 0 Å². The summed E-state index contributed by atoms with van der Waals surface area (Å²) in [4.78, 5) is 16.7. The molecule has 144 valence electrons. The first-order valence-electron chi connectivity index (χ1n) is 10.3. The Morgan fingerprint density at radius 2 is 1.74 bits per heavy atom. The quantitative estimate of drug-likeness (QED) is 0.749. The number of amides is 1. The van der Waals surface area contributed by atoms with Crippen molar-refractivity contribution in [2.75, 3.05) is 0 Å². The average Bonchev–Trinajstić information content (AvgIpc) is 3.41. The number of hydrogen-bond acceptors (Lipinski definition) is 4. The van der Waals surface area contributed by atoms with Gasteiger partial charge in [0, 0.05) is 24.1 Å². The van der Waals surface area contributed by atoms with Crippen molar-refractivity contribution in [2.24, 2.45) is 5.92 Å². The monoisotopic (exact) mass is 367 g/mol. The lowest BCUT2D eigenvalue weighted by atomic mass is 9.86. The first-order chi connectivity index (χ1) is 13.2. The minimum Gasteiger partial charge on any atom is -0.337 e. The predicted octanol–water partition coefficient (Wildman–Crippen LogP) is 3.69. The number of tetrazole rings is 1. The van der Waals surface area contributed by atoms with Crippen LogP contribution in [0, 0.1) is 5.92 Å². The fraction of sp³-hybridized carbons (Fsp3) is 0.619. The molecule has 2 aromatic rings. The number of aryl methyl sites for hydroxylation is 1. The molecule has 0 radical (unpaired) electrons. The predicted molar refractivity (Wildman–Crippen MR) is 104 cm³/mol. The van der Waals surface area contributed by atoms with Crippen LogP contribution in [0.4, 0.5) is 0 Å². The van der Waals surface area contributed by atoms with Crippen molar-refractivity contribution in [3.63, 3.8) is 0 Å². The van der Waals surface area contributed by atoms with Crippen molar-refractivity contribution in [2.45, 2.75) is 76.9 Å². The Bertz CT molecular complexity index is 747. The molecular weight excluding hydrogens is 338 g/mol. The third kappa shape index (κ3) is 4.54. The Morgan fingerprint density at radius 3 is 2.41 bits per heavy atom. The Hall–Kier alpha value is -2.24. The van der Waals surface area contributed by atoms with Gasteiger partial charge in [0.05, 0.1) is 6.54 Å². The number of rotatable bonds is 7. The van der Waals surface area contributed by atoms with Gasteiger partial charge in [0.25, 0.3) is 0 Å². The molecular formula is C21H29N5O. The summed E-state index contributed by atoms with van der Waals surface area (Å²) >= 11 is 0. The summed E-state index contributed by atoms with van der Waals surface area (Å²) in [5, 5.41) is 12.7. The maximum atomic E-state index is 12.9. The van der Waals surface area contributed by atoms with Crippen molar-refractivity contribution in [3.8, 4) is 11.4 Å². The summed E-state index contributed by atoms with van der Waals surface area (Å²) in [6, 6.07) is 10.8. The third-order valence-electron chi connectivity index (χ3n) is 5.84. The molecule has 6 heteroatoms. The van der Waals surface area contributed by atoms with Crippen LogP contribution in [0.5, 0.6) is 0 Å². The minimum absolute atomic E-state index is 0.320. The zero-order valence-electron chi connectivity index (χ0n) is 16.1. The number of carbonyl (C=O) groups is 1. The maximum absolute atomic E-state index is 12.9. The van der Waals surface area contributed by atoms with E-state index in [9.17, 15) is 4.79 Å². The van der Waals surface area contributed by atoms with Gasteiger partial charge in [0.1, 0.15) is 0 Å². The minimum atomic E-state index is 0.320. The molecule has 1 aromatic carbocycles. The fourth-order valence-corrected chi connectivity index (χ4v) is 4.12. The molecule has 0 spiro atoms. The summed E-state index contributed by atoms with van der Waals surface area (Å²) in [6.45, 7) is 2.96. The van der Waals surface area contributed by atoms with Gasteiger partial charge < -0.3 is 4.90 Å². The van der Waals surface area contributed by atoms with Gasteiger partial charge in [-0.15, -0.1) is 10.2 Å². The molecule has 0 atom stereocenters. The highest BCUT2D eigenvalue weighted by molar-refractivity contribution is 5.77. The largest absolute Gasteiger partial charge is 0.337 e. The number of hydrogen-bond donors (Lipinski definition) is 0. The van der Waals surface area contributed by atoms with E-state index in [0.717, 1.165) is 17.9 Å². The van der Waals surface area contributed by atoms with Crippen LogP contribution in [-0.2, 0) is 11.3 Å². The molecule has 2 fully saturated rings. The molecule has 2 saturated carbocycles. The molecule has 1 amide bonds.